The number of thiophene rings is 1. The number of carbonyl (C=O) groups is 1. The van der Waals surface area contributed by atoms with E-state index < -0.39 is 11.8 Å². The van der Waals surface area contributed by atoms with Crippen molar-refractivity contribution in [2.24, 2.45) is 0 Å². The Hall–Kier alpha value is -1.68. The number of carboxylic acids is 1. The SMILES string of the molecule is Cc1ccc(-c2ccc(F)cc2C(=O)O)s1. The molecule has 82 valence electrons. The number of halogens is 1. The van der Waals surface area contributed by atoms with Gasteiger partial charge in [-0.1, -0.05) is 0 Å². The molecule has 1 aromatic carbocycles. The third-order valence-corrected chi connectivity index (χ3v) is 3.25. The van der Waals surface area contributed by atoms with Crippen molar-refractivity contribution in [3.63, 3.8) is 0 Å². The predicted octanol–water partition coefficient (Wildman–Crippen LogP) is 3.56. The van der Waals surface area contributed by atoms with Gasteiger partial charge < -0.3 is 5.11 Å². The molecular weight excluding hydrogens is 227 g/mol. The highest BCUT2D eigenvalue weighted by atomic mass is 32.1. The standard InChI is InChI=1S/C12H9FO2S/c1-7-2-5-11(16-7)9-4-3-8(13)6-10(9)12(14)15/h2-6H,1H3,(H,14,15). The van der Waals surface area contributed by atoms with Crippen LogP contribution in [0, 0.1) is 12.7 Å². The summed E-state index contributed by atoms with van der Waals surface area (Å²) >= 11 is 1.49. The molecule has 0 fully saturated rings. The van der Waals surface area contributed by atoms with Crippen LogP contribution < -0.4 is 0 Å². The highest BCUT2D eigenvalue weighted by Crippen LogP contribution is 2.30. The number of hydrogen-bond acceptors (Lipinski definition) is 2. The lowest BCUT2D eigenvalue weighted by atomic mass is 10.1. The molecule has 0 saturated heterocycles. The molecule has 2 nitrogen and oxygen atoms in total. The lowest BCUT2D eigenvalue weighted by molar-refractivity contribution is 0.0697. The van der Waals surface area contributed by atoms with Crippen molar-refractivity contribution in [2.45, 2.75) is 6.92 Å². The van der Waals surface area contributed by atoms with Crippen LogP contribution in [0.3, 0.4) is 0 Å². The van der Waals surface area contributed by atoms with Gasteiger partial charge in [-0.15, -0.1) is 11.3 Å². The van der Waals surface area contributed by atoms with E-state index in [4.69, 9.17) is 5.11 Å². The average molecular weight is 236 g/mol. The molecule has 0 radical (unpaired) electrons. The highest BCUT2D eigenvalue weighted by molar-refractivity contribution is 7.15. The van der Waals surface area contributed by atoms with Gasteiger partial charge in [0.15, 0.2) is 0 Å². The number of hydrogen-bond donors (Lipinski definition) is 1. The molecule has 0 bridgehead atoms. The van der Waals surface area contributed by atoms with Crippen molar-refractivity contribution >= 4 is 17.3 Å². The third-order valence-electron chi connectivity index (χ3n) is 2.22. The van der Waals surface area contributed by atoms with E-state index in [2.05, 4.69) is 0 Å². The average Bonchev–Trinajstić information content (AvgIpc) is 2.64. The predicted molar refractivity (Wildman–Crippen MR) is 61.4 cm³/mol. The Bertz CT molecular complexity index is 546. The monoisotopic (exact) mass is 236 g/mol. The van der Waals surface area contributed by atoms with Crippen LogP contribution in [0.5, 0.6) is 0 Å². The van der Waals surface area contributed by atoms with Crippen molar-refractivity contribution in [2.75, 3.05) is 0 Å². The Morgan fingerprint density at radius 1 is 1.31 bits per heavy atom. The zero-order chi connectivity index (χ0) is 11.7. The fraction of sp³-hybridized carbons (Fsp3) is 0.0833. The minimum atomic E-state index is -1.11. The summed E-state index contributed by atoms with van der Waals surface area (Å²) in [5, 5.41) is 9.00. The summed E-state index contributed by atoms with van der Waals surface area (Å²) in [4.78, 5) is 12.9. The van der Waals surface area contributed by atoms with E-state index in [1.165, 1.54) is 23.5 Å². The van der Waals surface area contributed by atoms with Crippen LogP contribution in [0.2, 0.25) is 0 Å². The number of aryl methyl sites for hydroxylation is 1. The normalized spacial score (nSPS) is 10.4. The summed E-state index contributed by atoms with van der Waals surface area (Å²) in [6, 6.07) is 7.59. The van der Waals surface area contributed by atoms with Gasteiger partial charge in [0, 0.05) is 15.3 Å². The summed E-state index contributed by atoms with van der Waals surface area (Å²) in [7, 11) is 0. The molecule has 0 unspecified atom stereocenters. The van der Waals surface area contributed by atoms with Gasteiger partial charge in [0.1, 0.15) is 5.82 Å². The van der Waals surface area contributed by atoms with E-state index in [9.17, 15) is 9.18 Å². The first-order valence-corrected chi connectivity index (χ1v) is 5.49. The van der Waals surface area contributed by atoms with Gasteiger partial charge in [0.2, 0.25) is 0 Å². The van der Waals surface area contributed by atoms with E-state index in [-0.39, 0.29) is 5.56 Å². The van der Waals surface area contributed by atoms with E-state index in [0.717, 1.165) is 15.8 Å². The van der Waals surface area contributed by atoms with Crippen LogP contribution in [-0.2, 0) is 0 Å². The molecule has 0 saturated carbocycles. The van der Waals surface area contributed by atoms with Gasteiger partial charge in [0.05, 0.1) is 5.56 Å². The molecule has 16 heavy (non-hydrogen) atoms. The van der Waals surface area contributed by atoms with Crippen molar-refractivity contribution in [1.29, 1.82) is 0 Å². The summed E-state index contributed by atoms with van der Waals surface area (Å²) in [5.41, 5.74) is 0.564. The molecule has 1 heterocycles. The molecular formula is C12H9FO2S. The minimum absolute atomic E-state index is 0.00171. The van der Waals surface area contributed by atoms with Crippen molar-refractivity contribution in [3.8, 4) is 10.4 Å². The zero-order valence-electron chi connectivity index (χ0n) is 8.53. The lowest BCUT2D eigenvalue weighted by Crippen LogP contribution is -1.99. The van der Waals surface area contributed by atoms with E-state index in [1.807, 2.05) is 19.1 Å². The Balaban J connectivity index is 2.60. The molecule has 1 N–H and O–H groups in total. The number of carboxylic acid groups (broad SMARTS) is 1. The number of rotatable bonds is 2. The third kappa shape index (κ3) is 1.97. The number of benzene rings is 1. The number of aromatic carboxylic acids is 1. The molecule has 0 aliphatic heterocycles. The van der Waals surface area contributed by atoms with Gasteiger partial charge in [0.25, 0.3) is 0 Å². The molecule has 0 spiro atoms. The fourth-order valence-corrected chi connectivity index (χ4v) is 2.39. The van der Waals surface area contributed by atoms with Crippen LogP contribution in [0.15, 0.2) is 30.3 Å². The van der Waals surface area contributed by atoms with Gasteiger partial charge in [-0.2, -0.15) is 0 Å². The van der Waals surface area contributed by atoms with Crippen molar-refractivity contribution in [1.82, 2.24) is 0 Å². The van der Waals surface area contributed by atoms with Crippen LogP contribution in [0.25, 0.3) is 10.4 Å². The first-order valence-electron chi connectivity index (χ1n) is 4.67. The Morgan fingerprint density at radius 3 is 2.62 bits per heavy atom. The minimum Gasteiger partial charge on any atom is -0.478 e. The molecule has 2 rings (SSSR count). The summed E-state index contributed by atoms with van der Waals surface area (Å²) < 4.78 is 13.0. The molecule has 2 aromatic rings. The Labute approximate surface area is 96.0 Å². The summed E-state index contributed by atoms with van der Waals surface area (Å²) in [6.45, 7) is 1.94. The Morgan fingerprint density at radius 2 is 2.06 bits per heavy atom. The maximum atomic E-state index is 13.0. The Kier molecular flexibility index (Phi) is 2.75. The molecule has 4 heteroatoms. The second-order valence-electron chi connectivity index (χ2n) is 3.41. The van der Waals surface area contributed by atoms with Gasteiger partial charge in [-0.25, -0.2) is 9.18 Å². The topological polar surface area (TPSA) is 37.3 Å². The summed E-state index contributed by atoms with van der Waals surface area (Å²) in [6.07, 6.45) is 0. The largest absolute Gasteiger partial charge is 0.478 e. The van der Waals surface area contributed by atoms with Crippen LogP contribution in [0.1, 0.15) is 15.2 Å². The molecule has 1 aromatic heterocycles. The highest BCUT2D eigenvalue weighted by Gasteiger charge is 2.13. The zero-order valence-corrected chi connectivity index (χ0v) is 9.34. The maximum absolute atomic E-state index is 13.0. The lowest BCUT2D eigenvalue weighted by Gasteiger charge is -2.03. The van der Waals surface area contributed by atoms with Gasteiger partial charge in [-0.3, -0.25) is 0 Å². The maximum Gasteiger partial charge on any atom is 0.336 e. The second-order valence-corrected chi connectivity index (χ2v) is 4.69. The first-order chi connectivity index (χ1) is 7.58. The quantitative estimate of drug-likeness (QED) is 0.865. The van der Waals surface area contributed by atoms with Gasteiger partial charge in [-0.05, 0) is 37.3 Å². The first kappa shape index (κ1) is 10.8. The van der Waals surface area contributed by atoms with Gasteiger partial charge >= 0.3 is 5.97 Å². The molecule has 0 aliphatic rings. The fourth-order valence-electron chi connectivity index (χ4n) is 1.49. The van der Waals surface area contributed by atoms with E-state index >= 15 is 0 Å². The van der Waals surface area contributed by atoms with Crippen molar-refractivity contribution in [3.05, 3.63) is 46.6 Å². The van der Waals surface area contributed by atoms with Crippen LogP contribution in [-0.4, -0.2) is 11.1 Å². The van der Waals surface area contributed by atoms with Crippen LogP contribution >= 0.6 is 11.3 Å². The van der Waals surface area contributed by atoms with Crippen LogP contribution in [0.4, 0.5) is 4.39 Å². The second kappa shape index (κ2) is 4.06. The molecule has 0 amide bonds. The van der Waals surface area contributed by atoms with E-state index in [1.54, 1.807) is 0 Å². The summed E-state index contributed by atoms with van der Waals surface area (Å²) in [5.74, 6) is -1.64. The van der Waals surface area contributed by atoms with Crippen molar-refractivity contribution < 1.29 is 14.3 Å². The molecule has 0 atom stereocenters. The smallest absolute Gasteiger partial charge is 0.336 e. The van der Waals surface area contributed by atoms with E-state index in [0.29, 0.717) is 5.56 Å². The molecule has 0 aliphatic carbocycles.